The maximum atomic E-state index is 13.3. The van der Waals surface area contributed by atoms with Gasteiger partial charge in [-0.1, -0.05) is 15.9 Å². The molecule has 0 aliphatic heterocycles. The first kappa shape index (κ1) is 13.7. The number of halogens is 2. The number of methoxy groups -OCH3 is 1. The van der Waals surface area contributed by atoms with Crippen molar-refractivity contribution in [3.05, 3.63) is 34.6 Å². The molecule has 19 heavy (non-hydrogen) atoms. The van der Waals surface area contributed by atoms with E-state index in [9.17, 15) is 9.18 Å². The number of ether oxygens (including phenoxy) is 1. The lowest BCUT2D eigenvalue weighted by Crippen LogP contribution is -2.17. The van der Waals surface area contributed by atoms with E-state index in [0.29, 0.717) is 21.5 Å². The number of H-pyrrole nitrogens is 1. The number of aromatic amines is 1. The highest BCUT2D eigenvalue weighted by molar-refractivity contribution is 9.10. The maximum Gasteiger partial charge on any atom is 0.251 e. The summed E-state index contributed by atoms with van der Waals surface area (Å²) < 4.78 is 18.6. The van der Waals surface area contributed by atoms with E-state index in [1.165, 1.54) is 19.2 Å². The predicted octanol–water partition coefficient (Wildman–Crippen LogP) is 2.56. The highest BCUT2D eigenvalue weighted by atomic mass is 79.9. The SMILES string of the molecule is COCC(=O)Nc1cc(-c2cc(F)cc(Br)c2)[nH]n1. The quantitative estimate of drug-likeness (QED) is 0.906. The van der Waals surface area contributed by atoms with Crippen molar-refractivity contribution in [2.45, 2.75) is 0 Å². The fourth-order valence-corrected chi connectivity index (χ4v) is 2.02. The van der Waals surface area contributed by atoms with Crippen LogP contribution >= 0.6 is 15.9 Å². The maximum absolute atomic E-state index is 13.3. The molecule has 5 nitrogen and oxygen atoms in total. The molecule has 2 N–H and O–H groups in total. The fraction of sp³-hybridized carbons (Fsp3) is 0.167. The molecule has 1 aromatic carbocycles. The van der Waals surface area contributed by atoms with Crippen LogP contribution in [0.1, 0.15) is 0 Å². The molecule has 0 saturated carbocycles. The van der Waals surface area contributed by atoms with Gasteiger partial charge in [-0.15, -0.1) is 0 Å². The van der Waals surface area contributed by atoms with Crippen LogP contribution in [0.3, 0.4) is 0 Å². The molecule has 0 atom stereocenters. The van der Waals surface area contributed by atoms with Crippen molar-refractivity contribution in [3.8, 4) is 11.3 Å². The van der Waals surface area contributed by atoms with E-state index < -0.39 is 0 Å². The molecule has 0 aliphatic rings. The Morgan fingerprint density at radius 2 is 2.26 bits per heavy atom. The van der Waals surface area contributed by atoms with Crippen LogP contribution in [0.4, 0.5) is 10.2 Å². The predicted molar refractivity (Wildman–Crippen MR) is 72.2 cm³/mol. The van der Waals surface area contributed by atoms with E-state index >= 15 is 0 Å². The molecule has 0 radical (unpaired) electrons. The van der Waals surface area contributed by atoms with Gasteiger partial charge in [-0.05, 0) is 18.2 Å². The van der Waals surface area contributed by atoms with Crippen LogP contribution in [0.2, 0.25) is 0 Å². The third kappa shape index (κ3) is 3.62. The van der Waals surface area contributed by atoms with Gasteiger partial charge in [0.1, 0.15) is 12.4 Å². The van der Waals surface area contributed by atoms with E-state index in [4.69, 9.17) is 4.74 Å². The van der Waals surface area contributed by atoms with E-state index in [1.54, 1.807) is 12.1 Å². The van der Waals surface area contributed by atoms with Gasteiger partial charge in [0.15, 0.2) is 5.82 Å². The highest BCUT2D eigenvalue weighted by Crippen LogP contribution is 2.24. The summed E-state index contributed by atoms with van der Waals surface area (Å²) in [7, 11) is 1.43. The number of hydrogen-bond donors (Lipinski definition) is 2. The van der Waals surface area contributed by atoms with Crippen LogP contribution in [0, 0.1) is 5.82 Å². The second-order valence-electron chi connectivity index (χ2n) is 3.81. The zero-order valence-electron chi connectivity index (χ0n) is 10.0. The third-order valence-electron chi connectivity index (χ3n) is 2.29. The number of nitrogens with one attached hydrogen (secondary N) is 2. The fourth-order valence-electron chi connectivity index (χ4n) is 1.55. The summed E-state index contributed by atoms with van der Waals surface area (Å²) in [5, 5.41) is 9.21. The van der Waals surface area contributed by atoms with Gasteiger partial charge in [-0.25, -0.2) is 4.39 Å². The molecule has 1 heterocycles. The average molecular weight is 328 g/mol. The summed E-state index contributed by atoms with van der Waals surface area (Å²) in [6.07, 6.45) is 0. The number of anilines is 1. The molecule has 2 aromatic rings. The van der Waals surface area contributed by atoms with Crippen LogP contribution in [-0.4, -0.2) is 29.8 Å². The number of amides is 1. The van der Waals surface area contributed by atoms with Gasteiger partial charge < -0.3 is 10.1 Å². The molecule has 0 fully saturated rings. The lowest BCUT2D eigenvalue weighted by molar-refractivity contribution is -0.119. The lowest BCUT2D eigenvalue weighted by atomic mass is 10.1. The summed E-state index contributed by atoms with van der Waals surface area (Å²) in [5.74, 6) is -0.303. The molecule has 7 heteroatoms. The number of hydrogen-bond acceptors (Lipinski definition) is 3. The first-order chi connectivity index (χ1) is 9.08. The molecule has 0 bridgehead atoms. The Labute approximate surface area is 117 Å². The topological polar surface area (TPSA) is 67.0 Å². The van der Waals surface area contributed by atoms with E-state index in [0.717, 1.165) is 0 Å². The van der Waals surface area contributed by atoms with E-state index in [2.05, 4.69) is 31.4 Å². The van der Waals surface area contributed by atoms with Gasteiger partial charge in [0, 0.05) is 23.2 Å². The molecule has 100 valence electrons. The number of benzene rings is 1. The summed E-state index contributed by atoms with van der Waals surface area (Å²) >= 11 is 3.22. The van der Waals surface area contributed by atoms with Gasteiger partial charge >= 0.3 is 0 Å². The van der Waals surface area contributed by atoms with Crippen LogP contribution in [0.5, 0.6) is 0 Å². The van der Waals surface area contributed by atoms with Crippen LogP contribution < -0.4 is 5.32 Å². The Balaban J connectivity index is 2.18. The Bertz CT molecular complexity index is 580. The zero-order chi connectivity index (χ0) is 13.8. The van der Waals surface area contributed by atoms with Gasteiger partial charge in [0.2, 0.25) is 0 Å². The number of carbonyl (C=O) groups is 1. The molecule has 0 aliphatic carbocycles. The van der Waals surface area contributed by atoms with E-state index in [1.807, 2.05) is 0 Å². The minimum Gasteiger partial charge on any atom is -0.375 e. The average Bonchev–Trinajstić information content (AvgIpc) is 2.76. The van der Waals surface area contributed by atoms with Crippen molar-refractivity contribution in [2.24, 2.45) is 0 Å². The Hall–Kier alpha value is -1.73. The monoisotopic (exact) mass is 327 g/mol. The van der Waals surface area contributed by atoms with Crippen molar-refractivity contribution in [3.63, 3.8) is 0 Å². The van der Waals surface area contributed by atoms with Gasteiger partial charge in [0.25, 0.3) is 5.91 Å². The zero-order valence-corrected chi connectivity index (χ0v) is 11.6. The molecular weight excluding hydrogens is 317 g/mol. The second-order valence-corrected chi connectivity index (χ2v) is 4.72. The molecular formula is C12H11BrFN3O2. The molecule has 1 aromatic heterocycles. The van der Waals surface area contributed by atoms with Crippen LogP contribution in [0.15, 0.2) is 28.7 Å². The molecule has 0 spiro atoms. The first-order valence-corrected chi connectivity index (χ1v) is 6.18. The molecule has 2 rings (SSSR count). The molecule has 0 saturated heterocycles. The minimum atomic E-state index is -0.357. The first-order valence-electron chi connectivity index (χ1n) is 5.39. The van der Waals surface area contributed by atoms with Crippen molar-refractivity contribution < 1.29 is 13.9 Å². The second kappa shape index (κ2) is 5.94. The standard InChI is InChI=1S/C12H11BrFN3O2/c1-19-6-12(18)15-11-5-10(16-17-11)7-2-8(13)4-9(14)3-7/h2-5H,6H2,1H3,(H2,15,16,17,18). The van der Waals surface area contributed by atoms with Crippen molar-refractivity contribution >= 4 is 27.7 Å². The Morgan fingerprint density at radius 1 is 1.47 bits per heavy atom. The number of carbonyl (C=O) groups excluding carboxylic acids is 1. The lowest BCUT2D eigenvalue weighted by Gasteiger charge is -1.99. The van der Waals surface area contributed by atoms with Gasteiger partial charge in [-0.3, -0.25) is 9.89 Å². The van der Waals surface area contributed by atoms with E-state index in [-0.39, 0.29) is 18.3 Å². The number of rotatable bonds is 4. The molecule has 1 amide bonds. The Morgan fingerprint density at radius 3 is 2.95 bits per heavy atom. The molecule has 0 unspecified atom stereocenters. The summed E-state index contributed by atoms with van der Waals surface area (Å²) in [4.78, 5) is 11.3. The number of nitrogens with zero attached hydrogens (tertiary/aromatic N) is 1. The Kier molecular flexibility index (Phi) is 4.28. The van der Waals surface area contributed by atoms with Crippen molar-refractivity contribution in [1.29, 1.82) is 0 Å². The smallest absolute Gasteiger partial charge is 0.251 e. The largest absolute Gasteiger partial charge is 0.375 e. The number of aromatic nitrogens is 2. The summed E-state index contributed by atoms with van der Waals surface area (Å²) in [6.45, 7) is -0.0479. The third-order valence-corrected chi connectivity index (χ3v) is 2.75. The normalized spacial score (nSPS) is 10.5. The summed E-state index contributed by atoms with van der Waals surface area (Å²) in [6, 6.07) is 6.10. The minimum absolute atomic E-state index is 0.0479. The highest BCUT2D eigenvalue weighted by Gasteiger charge is 2.08. The van der Waals surface area contributed by atoms with Crippen LogP contribution in [-0.2, 0) is 9.53 Å². The summed E-state index contributed by atoms with van der Waals surface area (Å²) in [5.41, 5.74) is 1.24. The van der Waals surface area contributed by atoms with Gasteiger partial charge in [0.05, 0.1) is 5.69 Å². The van der Waals surface area contributed by atoms with Crippen molar-refractivity contribution in [2.75, 3.05) is 19.0 Å². The van der Waals surface area contributed by atoms with Crippen molar-refractivity contribution in [1.82, 2.24) is 10.2 Å². The van der Waals surface area contributed by atoms with Crippen LogP contribution in [0.25, 0.3) is 11.3 Å². The van der Waals surface area contributed by atoms with Gasteiger partial charge in [-0.2, -0.15) is 5.10 Å².